The molecule has 0 spiro atoms. The standard InChI is InChI=1S/C25H25N3O2S/c1-5-28(20-8-6-7-16(2)11-20)22(29)13-27-15-26-24-23(25(27)30)21(14-31-24)19-10-9-17(3)18(4)12-19/h6-12,14-15H,5,13H2,1-4H3. The van der Waals surface area contributed by atoms with Gasteiger partial charge in [0.2, 0.25) is 5.91 Å². The van der Waals surface area contributed by atoms with Crippen molar-refractivity contribution in [2.75, 3.05) is 11.4 Å². The molecule has 0 N–H and O–H groups in total. The van der Waals surface area contributed by atoms with Crippen LogP contribution in [0.15, 0.2) is 59.0 Å². The molecular weight excluding hydrogens is 406 g/mol. The van der Waals surface area contributed by atoms with E-state index in [1.54, 1.807) is 4.90 Å². The maximum absolute atomic E-state index is 13.3. The molecule has 0 radical (unpaired) electrons. The lowest BCUT2D eigenvalue weighted by Crippen LogP contribution is -2.36. The highest BCUT2D eigenvalue weighted by atomic mass is 32.1. The lowest BCUT2D eigenvalue weighted by molar-refractivity contribution is -0.119. The van der Waals surface area contributed by atoms with Crippen LogP contribution in [0.3, 0.4) is 0 Å². The zero-order valence-electron chi connectivity index (χ0n) is 18.2. The number of hydrogen-bond donors (Lipinski definition) is 0. The number of hydrogen-bond acceptors (Lipinski definition) is 4. The van der Waals surface area contributed by atoms with Gasteiger partial charge >= 0.3 is 0 Å². The first-order chi connectivity index (χ1) is 14.9. The monoisotopic (exact) mass is 431 g/mol. The number of benzene rings is 2. The molecular formula is C25H25N3O2S. The van der Waals surface area contributed by atoms with Crippen LogP contribution in [0.2, 0.25) is 0 Å². The number of carbonyl (C=O) groups is 1. The minimum Gasteiger partial charge on any atom is -0.311 e. The average molecular weight is 432 g/mol. The van der Waals surface area contributed by atoms with Crippen molar-refractivity contribution < 1.29 is 4.79 Å². The van der Waals surface area contributed by atoms with E-state index in [1.807, 2.05) is 49.6 Å². The summed E-state index contributed by atoms with van der Waals surface area (Å²) in [5.74, 6) is -0.140. The molecule has 2 heterocycles. The molecule has 0 atom stereocenters. The zero-order chi connectivity index (χ0) is 22.1. The minimum absolute atomic E-state index is 0.0498. The van der Waals surface area contributed by atoms with Crippen LogP contribution in [0, 0.1) is 20.8 Å². The van der Waals surface area contributed by atoms with E-state index in [9.17, 15) is 9.59 Å². The van der Waals surface area contributed by atoms with E-state index in [0.717, 1.165) is 22.4 Å². The molecule has 1 amide bonds. The molecule has 31 heavy (non-hydrogen) atoms. The molecule has 2 aromatic heterocycles. The first kappa shape index (κ1) is 21.0. The van der Waals surface area contributed by atoms with Gasteiger partial charge in [-0.05, 0) is 62.1 Å². The van der Waals surface area contributed by atoms with Crippen molar-refractivity contribution in [1.29, 1.82) is 0 Å². The molecule has 0 aliphatic rings. The summed E-state index contributed by atoms with van der Waals surface area (Å²) in [5, 5.41) is 2.54. The summed E-state index contributed by atoms with van der Waals surface area (Å²) in [7, 11) is 0. The SMILES string of the molecule is CCN(C(=O)Cn1cnc2scc(-c3ccc(C)c(C)c3)c2c1=O)c1cccc(C)c1. The Balaban J connectivity index is 1.72. The normalized spacial score (nSPS) is 11.1. The second kappa shape index (κ2) is 8.47. The second-order valence-corrected chi connectivity index (χ2v) is 8.64. The van der Waals surface area contributed by atoms with Crippen LogP contribution in [-0.2, 0) is 11.3 Å². The Labute approximate surface area is 185 Å². The number of aromatic nitrogens is 2. The third-order valence-corrected chi connectivity index (χ3v) is 6.50. The molecule has 0 bridgehead atoms. The molecule has 0 unspecified atom stereocenters. The van der Waals surface area contributed by atoms with E-state index in [0.29, 0.717) is 16.8 Å². The fourth-order valence-corrected chi connectivity index (χ4v) is 4.64. The van der Waals surface area contributed by atoms with Crippen molar-refractivity contribution in [3.63, 3.8) is 0 Å². The number of rotatable bonds is 5. The summed E-state index contributed by atoms with van der Waals surface area (Å²) in [6.07, 6.45) is 1.48. The van der Waals surface area contributed by atoms with Gasteiger partial charge in [0.25, 0.3) is 5.56 Å². The Bertz CT molecular complexity index is 1340. The van der Waals surface area contributed by atoms with Crippen LogP contribution in [0.25, 0.3) is 21.3 Å². The van der Waals surface area contributed by atoms with Crippen LogP contribution in [0.4, 0.5) is 5.69 Å². The predicted octanol–water partition coefficient (Wildman–Crippen LogP) is 5.10. The molecule has 0 saturated carbocycles. The van der Waals surface area contributed by atoms with Crippen molar-refractivity contribution >= 4 is 33.1 Å². The Morgan fingerprint density at radius 2 is 1.90 bits per heavy atom. The summed E-state index contributed by atoms with van der Waals surface area (Å²) >= 11 is 1.45. The molecule has 0 fully saturated rings. The Morgan fingerprint density at radius 1 is 1.10 bits per heavy atom. The van der Waals surface area contributed by atoms with Crippen LogP contribution >= 0.6 is 11.3 Å². The Kier molecular flexibility index (Phi) is 5.74. The van der Waals surface area contributed by atoms with Crippen molar-refractivity contribution in [1.82, 2.24) is 9.55 Å². The van der Waals surface area contributed by atoms with E-state index in [2.05, 4.69) is 31.0 Å². The van der Waals surface area contributed by atoms with Crippen molar-refractivity contribution in [2.45, 2.75) is 34.2 Å². The van der Waals surface area contributed by atoms with Gasteiger partial charge in [-0.25, -0.2) is 4.98 Å². The highest BCUT2D eigenvalue weighted by Gasteiger charge is 2.18. The molecule has 2 aromatic carbocycles. The fraction of sp³-hybridized carbons (Fsp3) is 0.240. The van der Waals surface area contributed by atoms with Gasteiger partial charge in [0, 0.05) is 23.2 Å². The van der Waals surface area contributed by atoms with Gasteiger partial charge in [-0.15, -0.1) is 11.3 Å². The maximum Gasteiger partial charge on any atom is 0.263 e. The summed E-state index contributed by atoms with van der Waals surface area (Å²) in [5.41, 5.74) is 5.98. The van der Waals surface area contributed by atoms with E-state index in [-0.39, 0.29) is 18.0 Å². The number of amides is 1. The van der Waals surface area contributed by atoms with Crippen molar-refractivity contribution in [3.05, 3.63) is 81.2 Å². The van der Waals surface area contributed by atoms with Crippen LogP contribution in [0.5, 0.6) is 0 Å². The maximum atomic E-state index is 13.3. The summed E-state index contributed by atoms with van der Waals surface area (Å²) in [6, 6.07) is 14.0. The molecule has 6 heteroatoms. The first-order valence-electron chi connectivity index (χ1n) is 10.3. The van der Waals surface area contributed by atoms with Crippen LogP contribution < -0.4 is 10.5 Å². The number of anilines is 1. The number of aryl methyl sites for hydroxylation is 3. The second-order valence-electron chi connectivity index (χ2n) is 7.78. The summed E-state index contributed by atoms with van der Waals surface area (Å²) < 4.78 is 1.42. The minimum atomic E-state index is -0.187. The number of likely N-dealkylation sites (N-methyl/N-ethyl adjacent to an activating group) is 1. The first-order valence-corrected chi connectivity index (χ1v) is 11.2. The summed E-state index contributed by atoms with van der Waals surface area (Å²) in [6.45, 7) is 8.53. The van der Waals surface area contributed by atoms with Crippen LogP contribution in [0.1, 0.15) is 23.6 Å². The quantitative estimate of drug-likeness (QED) is 0.442. The Morgan fingerprint density at radius 3 is 2.61 bits per heavy atom. The number of nitrogens with zero attached hydrogens (tertiary/aromatic N) is 3. The number of thiophene rings is 1. The molecule has 4 rings (SSSR count). The molecule has 5 nitrogen and oxygen atoms in total. The van der Waals surface area contributed by atoms with Crippen LogP contribution in [-0.4, -0.2) is 22.0 Å². The molecule has 0 aliphatic heterocycles. The lowest BCUT2D eigenvalue weighted by Gasteiger charge is -2.22. The van der Waals surface area contributed by atoms with E-state index in [1.165, 1.54) is 33.4 Å². The fourth-order valence-electron chi connectivity index (χ4n) is 3.73. The number of carbonyl (C=O) groups excluding carboxylic acids is 1. The van der Waals surface area contributed by atoms with Gasteiger partial charge in [-0.1, -0.05) is 30.3 Å². The third kappa shape index (κ3) is 4.03. The highest BCUT2D eigenvalue weighted by molar-refractivity contribution is 7.17. The van der Waals surface area contributed by atoms with E-state index < -0.39 is 0 Å². The third-order valence-electron chi connectivity index (χ3n) is 5.61. The smallest absolute Gasteiger partial charge is 0.263 e. The van der Waals surface area contributed by atoms with Gasteiger partial charge in [0.1, 0.15) is 11.4 Å². The van der Waals surface area contributed by atoms with Crippen molar-refractivity contribution in [2.24, 2.45) is 0 Å². The molecule has 0 aliphatic carbocycles. The van der Waals surface area contributed by atoms with E-state index >= 15 is 0 Å². The Hall–Kier alpha value is -3.25. The molecule has 4 aromatic rings. The average Bonchev–Trinajstić information content (AvgIpc) is 3.18. The van der Waals surface area contributed by atoms with Gasteiger partial charge in [-0.2, -0.15) is 0 Å². The zero-order valence-corrected chi connectivity index (χ0v) is 19.0. The molecule has 158 valence electrons. The largest absolute Gasteiger partial charge is 0.311 e. The lowest BCUT2D eigenvalue weighted by atomic mass is 10.0. The van der Waals surface area contributed by atoms with Gasteiger partial charge in [0.05, 0.1) is 11.7 Å². The van der Waals surface area contributed by atoms with Gasteiger partial charge < -0.3 is 4.90 Å². The number of fused-ring (bicyclic) bond motifs is 1. The summed E-state index contributed by atoms with van der Waals surface area (Å²) in [4.78, 5) is 33.2. The van der Waals surface area contributed by atoms with Gasteiger partial charge in [-0.3, -0.25) is 14.2 Å². The predicted molar refractivity (Wildman–Crippen MR) is 128 cm³/mol. The molecule has 0 saturated heterocycles. The van der Waals surface area contributed by atoms with Crippen molar-refractivity contribution in [3.8, 4) is 11.1 Å². The van der Waals surface area contributed by atoms with Gasteiger partial charge in [0.15, 0.2) is 0 Å². The van der Waals surface area contributed by atoms with E-state index in [4.69, 9.17) is 0 Å². The highest BCUT2D eigenvalue weighted by Crippen LogP contribution is 2.31. The topological polar surface area (TPSA) is 55.2 Å².